The largest absolute Gasteiger partial charge is 0.383 e. The number of nitrogens with zero attached hydrogens (tertiary/aromatic N) is 2. The summed E-state index contributed by atoms with van der Waals surface area (Å²) < 4.78 is 0. The molecule has 2 N–H and O–H groups in total. The van der Waals surface area contributed by atoms with Crippen LogP contribution in [0.25, 0.3) is 10.2 Å². The Morgan fingerprint density at radius 3 is 2.79 bits per heavy atom. The van der Waals surface area contributed by atoms with Gasteiger partial charge in [-0.15, -0.1) is 11.3 Å². The number of anilines is 1. The van der Waals surface area contributed by atoms with Gasteiger partial charge in [0.1, 0.15) is 10.6 Å². The zero-order valence-corrected chi connectivity index (χ0v) is 16.0. The summed E-state index contributed by atoms with van der Waals surface area (Å²) in [5.41, 5.74) is 8.70. The van der Waals surface area contributed by atoms with Crippen molar-refractivity contribution < 1.29 is 0 Å². The van der Waals surface area contributed by atoms with Crippen LogP contribution in [0, 0.1) is 0 Å². The fourth-order valence-corrected chi connectivity index (χ4v) is 5.45. The molecule has 24 heavy (non-hydrogen) atoms. The summed E-state index contributed by atoms with van der Waals surface area (Å²) in [5.74, 6) is 1.34. The van der Waals surface area contributed by atoms with Gasteiger partial charge in [0.05, 0.1) is 15.4 Å². The van der Waals surface area contributed by atoms with Crippen molar-refractivity contribution in [3.8, 4) is 0 Å². The number of fused-ring (bicyclic) bond motifs is 3. The number of hydrogen-bond acceptors (Lipinski definition) is 5. The number of nitrogen functional groups attached to an aromatic ring is 1. The zero-order chi connectivity index (χ0) is 16.7. The number of halogens is 2. The van der Waals surface area contributed by atoms with E-state index in [1.165, 1.54) is 23.3 Å². The molecule has 0 atom stereocenters. The van der Waals surface area contributed by atoms with Gasteiger partial charge in [-0.3, -0.25) is 0 Å². The molecule has 0 radical (unpaired) electrons. The van der Waals surface area contributed by atoms with Gasteiger partial charge in [-0.05, 0) is 48.9 Å². The highest BCUT2D eigenvalue weighted by molar-refractivity contribution is 7.98. The lowest BCUT2D eigenvalue weighted by molar-refractivity contribution is 0.700. The molecule has 0 spiro atoms. The summed E-state index contributed by atoms with van der Waals surface area (Å²) in [7, 11) is 0. The molecule has 124 valence electrons. The molecule has 1 aromatic carbocycles. The van der Waals surface area contributed by atoms with Gasteiger partial charge in [0.2, 0.25) is 0 Å². The maximum atomic E-state index is 6.24. The molecule has 3 nitrogen and oxygen atoms in total. The van der Waals surface area contributed by atoms with Crippen LogP contribution in [-0.4, -0.2) is 9.97 Å². The minimum atomic E-state index is 0.566. The molecule has 1 aliphatic rings. The topological polar surface area (TPSA) is 51.8 Å². The smallest absolute Gasteiger partial charge is 0.191 e. The van der Waals surface area contributed by atoms with Crippen molar-refractivity contribution in [2.75, 3.05) is 5.73 Å². The van der Waals surface area contributed by atoms with Crippen molar-refractivity contribution >= 4 is 62.3 Å². The number of thioether (sulfide) groups is 1. The van der Waals surface area contributed by atoms with Gasteiger partial charge in [-0.2, -0.15) is 0 Å². The molecule has 2 heterocycles. The highest BCUT2D eigenvalue weighted by Crippen LogP contribution is 2.38. The zero-order valence-electron chi connectivity index (χ0n) is 12.8. The molecule has 2 aromatic heterocycles. The standard InChI is InChI=1S/C17H15Cl2N3S2/c18-11-6-5-9(7-12(11)19)8-23-17-21-15(20)14-10-3-1-2-4-13(10)24-16(14)22-17/h5-7H,1-4,8H2,(H2,20,21,22). The first kappa shape index (κ1) is 16.5. The molecular formula is C17H15Cl2N3S2. The summed E-state index contributed by atoms with van der Waals surface area (Å²) in [6, 6.07) is 5.65. The van der Waals surface area contributed by atoms with E-state index in [4.69, 9.17) is 33.9 Å². The molecular weight excluding hydrogens is 381 g/mol. The lowest BCUT2D eigenvalue weighted by Gasteiger charge is -2.10. The predicted octanol–water partition coefficient (Wildman–Crippen LogP) is 5.75. The average Bonchev–Trinajstić information content (AvgIpc) is 2.94. The van der Waals surface area contributed by atoms with Crippen molar-refractivity contribution in [1.82, 2.24) is 9.97 Å². The monoisotopic (exact) mass is 395 g/mol. The third-order valence-electron chi connectivity index (χ3n) is 4.17. The Labute approximate surface area is 158 Å². The Morgan fingerprint density at radius 1 is 1.12 bits per heavy atom. The van der Waals surface area contributed by atoms with E-state index >= 15 is 0 Å². The molecule has 3 aromatic rings. The van der Waals surface area contributed by atoms with Crippen LogP contribution in [0.2, 0.25) is 10.0 Å². The van der Waals surface area contributed by atoms with Crippen molar-refractivity contribution in [3.63, 3.8) is 0 Å². The van der Waals surface area contributed by atoms with E-state index in [-0.39, 0.29) is 0 Å². The van der Waals surface area contributed by atoms with Crippen LogP contribution < -0.4 is 5.73 Å². The van der Waals surface area contributed by atoms with E-state index in [0.717, 1.165) is 34.4 Å². The summed E-state index contributed by atoms with van der Waals surface area (Å²) in [6.45, 7) is 0. The van der Waals surface area contributed by atoms with E-state index in [2.05, 4.69) is 4.98 Å². The van der Waals surface area contributed by atoms with Crippen LogP contribution in [0.3, 0.4) is 0 Å². The van der Waals surface area contributed by atoms with Crippen LogP contribution in [0.15, 0.2) is 23.4 Å². The number of rotatable bonds is 3. The second kappa shape index (κ2) is 6.71. The van der Waals surface area contributed by atoms with Gasteiger partial charge in [0, 0.05) is 10.6 Å². The van der Waals surface area contributed by atoms with Crippen LogP contribution >= 0.6 is 46.3 Å². The molecule has 1 aliphatic carbocycles. The van der Waals surface area contributed by atoms with Crippen molar-refractivity contribution in [2.45, 2.75) is 36.6 Å². The van der Waals surface area contributed by atoms with Gasteiger partial charge in [-0.1, -0.05) is 41.0 Å². The highest BCUT2D eigenvalue weighted by Gasteiger charge is 2.20. The van der Waals surface area contributed by atoms with E-state index in [1.807, 2.05) is 18.2 Å². The van der Waals surface area contributed by atoms with E-state index in [0.29, 0.717) is 21.0 Å². The fourth-order valence-electron chi connectivity index (χ4n) is 3.01. The Balaban J connectivity index is 1.61. The molecule has 0 aliphatic heterocycles. The van der Waals surface area contributed by atoms with Gasteiger partial charge in [0.15, 0.2) is 5.16 Å². The van der Waals surface area contributed by atoms with Crippen LogP contribution in [0.5, 0.6) is 0 Å². The Hall–Kier alpha value is -1.01. The molecule has 0 saturated carbocycles. The third kappa shape index (κ3) is 3.10. The average molecular weight is 396 g/mol. The van der Waals surface area contributed by atoms with Crippen molar-refractivity contribution in [3.05, 3.63) is 44.2 Å². The fraction of sp³-hybridized carbons (Fsp3) is 0.294. The quantitative estimate of drug-likeness (QED) is 0.452. The summed E-state index contributed by atoms with van der Waals surface area (Å²) in [4.78, 5) is 11.7. The molecule has 0 unspecified atom stereocenters. The normalized spacial score (nSPS) is 14.1. The summed E-state index contributed by atoms with van der Waals surface area (Å²) in [6.07, 6.45) is 4.72. The highest BCUT2D eigenvalue weighted by atomic mass is 35.5. The van der Waals surface area contributed by atoms with E-state index < -0.39 is 0 Å². The van der Waals surface area contributed by atoms with Gasteiger partial charge >= 0.3 is 0 Å². The first-order valence-corrected chi connectivity index (χ1v) is 10.3. The molecule has 0 saturated heterocycles. The van der Waals surface area contributed by atoms with Crippen LogP contribution in [0.1, 0.15) is 28.8 Å². The second-order valence-corrected chi connectivity index (χ2v) is 8.66. The van der Waals surface area contributed by atoms with E-state index in [1.54, 1.807) is 23.1 Å². The molecule has 0 amide bonds. The Morgan fingerprint density at radius 2 is 1.96 bits per heavy atom. The molecule has 4 rings (SSSR count). The Kier molecular flexibility index (Phi) is 4.60. The minimum absolute atomic E-state index is 0.566. The lowest BCUT2D eigenvalue weighted by atomic mass is 9.97. The first-order valence-electron chi connectivity index (χ1n) is 7.76. The molecule has 7 heteroatoms. The molecule has 0 fully saturated rings. The van der Waals surface area contributed by atoms with Gasteiger partial charge in [0.25, 0.3) is 0 Å². The number of aromatic nitrogens is 2. The maximum absolute atomic E-state index is 6.24. The summed E-state index contributed by atoms with van der Waals surface area (Å²) >= 11 is 15.4. The van der Waals surface area contributed by atoms with E-state index in [9.17, 15) is 0 Å². The molecule has 0 bridgehead atoms. The predicted molar refractivity (Wildman–Crippen MR) is 104 cm³/mol. The number of benzene rings is 1. The van der Waals surface area contributed by atoms with Crippen LogP contribution in [0.4, 0.5) is 5.82 Å². The number of hydrogen-bond donors (Lipinski definition) is 1. The maximum Gasteiger partial charge on any atom is 0.191 e. The SMILES string of the molecule is Nc1nc(SCc2ccc(Cl)c(Cl)c2)nc2sc3c(c12)CCCC3. The number of thiophene rings is 1. The van der Waals surface area contributed by atoms with Crippen molar-refractivity contribution in [1.29, 1.82) is 0 Å². The number of nitrogens with two attached hydrogens (primary N) is 1. The number of aryl methyl sites for hydroxylation is 2. The Bertz CT molecular complexity index is 924. The second-order valence-electron chi connectivity index (χ2n) is 5.82. The lowest BCUT2D eigenvalue weighted by Crippen LogP contribution is -2.01. The van der Waals surface area contributed by atoms with Crippen LogP contribution in [-0.2, 0) is 18.6 Å². The minimum Gasteiger partial charge on any atom is -0.383 e. The summed E-state index contributed by atoms with van der Waals surface area (Å²) in [5, 5.41) is 2.92. The van der Waals surface area contributed by atoms with Gasteiger partial charge < -0.3 is 5.73 Å². The first-order chi connectivity index (χ1) is 11.6. The van der Waals surface area contributed by atoms with Gasteiger partial charge in [-0.25, -0.2) is 9.97 Å². The third-order valence-corrected chi connectivity index (χ3v) is 7.02. The van der Waals surface area contributed by atoms with Crippen molar-refractivity contribution in [2.24, 2.45) is 0 Å².